The highest BCUT2D eigenvalue weighted by Crippen LogP contribution is 2.24. The third kappa shape index (κ3) is 1.79. The second-order valence-corrected chi connectivity index (χ2v) is 4.60. The third-order valence-corrected chi connectivity index (χ3v) is 3.12. The SMILES string of the molecule is Cc1cccn2c(=O)c(C(=O)OC3CC3)ccc12. The molecule has 0 aromatic carbocycles. The standard InChI is InChI=1S/C14H13NO3/c1-9-3-2-8-15-12(9)7-6-11(13(15)16)14(17)18-10-4-5-10/h2-3,6-8,10H,4-5H2,1H3. The molecule has 1 aliphatic carbocycles. The topological polar surface area (TPSA) is 47.8 Å². The summed E-state index contributed by atoms with van der Waals surface area (Å²) < 4.78 is 6.64. The number of esters is 1. The summed E-state index contributed by atoms with van der Waals surface area (Å²) in [5, 5.41) is 0. The summed E-state index contributed by atoms with van der Waals surface area (Å²) >= 11 is 0. The third-order valence-electron chi connectivity index (χ3n) is 3.12. The zero-order chi connectivity index (χ0) is 12.7. The fraction of sp³-hybridized carbons (Fsp3) is 0.286. The molecule has 1 fully saturated rings. The van der Waals surface area contributed by atoms with E-state index in [0.29, 0.717) is 0 Å². The minimum atomic E-state index is -0.515. The van der Waals surface area contributed by atoms with Crippen molar-refractivity contribution in [3.63, 3.8) is 0 Å². The van der Waals surface area contributed by atoms with Crippen LogP contribution in [0.1, 0.15) is 28.8 Å². The van der Waals surface area contributed by atoms with Gasteiger partial charge in [-0.15, -0.1) is 0 Å². The lowest BCUT2D eigenvalue weighted by Gasteiger charge is -2.06. The minimum absolute atomic E-state index is 0.00936. The van der Waals surface area contributed by atoms with Crippen molar-refractivity contribution in [3.05, 3.63) is 51.9 Å². The molecular weight excluding hydrogens is 230 g/mol. The molecule has 0 atom stereocenters. The van der Waals surface area contributed by atoms with Crippen molar-refractivity contribution in [3.8, 4) is 0 Å². The molecule has 1 aliphatic rings. The second kappa shape index (κ2) is 3.98. The van der Waals surface area contributed by atoms with Gasteiger partial charge in [-0.25, -0.2) is 4.79 Å². The zero-order valence-corrected chi connectivity index (χ0v) is 10.1. The number of nitrogens with zero attached hydrogens (tertiary/aromatic N) is 1. The van der Waals surface area contributed by atoms with E-state index in [9.17, 15) is 9.59 Å². The van der Waals surface area contributed by atoms with Crippen LogP contribution in [0.2, 0.25) is 0 Å². The molecule has 2 aromatic rings. The molecule has 4 nitrogen and oxygen atoms in total. The van der Waals surface area contributed by atoms with Crippen LogP contribution in [-0.2, 0) is 4.74 Å². The second-order valence-electron chi connectivity index (χ2n) is 4.60. The smallest absolute Gasteiger partial charge is 0.344 e. The molecule has 0 spiro atoms. The lowest BCUT2D eigenvalue weighted by Crippen LogP contribution is -2.23. The van der Waals surface area contributed by atoms with E-state index in [4.69, 9.17) is 4.74 Å². The Hall–Kier alpha value is -2.10. The number of aromatic nitrogens is 1. The van der Waals surface area contributed by atoms with Gasteiger partial charge in [0.15, 0.2) is 0 Å². The molecule has 1 saturated carbocycles. The maximum atomic E-state index is 12.2. The largest absolute Gasteiger partial charge is 0.459 e. The number of carbonyl (C=O) groups excluding carboxylic acids is 1. The van der Waals surface area contributed by atoms with E-state index in [1.54, 1.807) is 24.4 Å². The van der Waals surface area contributed by atoms with Crippen LogP contribution >= 0.6 is 0 Å². The monoisotopic (exact) mass is 243 g/mol. The predicted molar refractivity (Wildman–Crippen MR) is 66.8 cm³/mol. The first-order chi connectivity index (χ1) is 8.66. The number of fused-ring (bicyclic) bond motifs is 1. The van der Waals surface area contributed by atoms with Crippen LogP contribution in [0.25, 0.3) is 5.52 Å². The highest BCUT2D eigenvalue weighted by atomic mass is 16.5. The maximum Gasteiger partial charge on any atom is 0.344 e. The van der Waals surface area contributed by atoms with Crippen LogP contribution in [-0.4, -0.2) is 16.5 Å². The van der Waals surface area contributed by atoms with Crippen molar-refractivity contribution in [2.75, 3.05) is 0 Å². The van der Waals surface area contributed by atoms with Gasteiger partial charge in [-0.05, 0) is 43.5 Å². The molecule has 0 unspecified atom stereocenters. The Morgan fingerprint density at radius 2 is 2.11 bits per heavy atom. The Labute approximate surface area is 104 Å². The van der Waals surface area contributed by atoms with E-state index in [-0.39, 0.29) is 17.2 Å². The quantitative estimate of drug-likeness (QED) is 0.757. The zero-order valence-electron chi connectivity index (χ0n) is 10.1. The fourth-order valence-corrected chi connectivity index (χ4v) is 1.94. The van der Waals surface area contributed by atoms with Crippen molar-refractivity contribution in [2.24, 2.45) is 0 Å². The Morgan fingerprint density at radius 3 is 2.83 bits per heavy atom. The van der Waals surface area contributed by atoms with Gasteiger partial charge in [0.1, 0.15) is 11.7 Å². The number of carbonyl (C=O) groups is 1. The van der Waals surface area contributed by atoms with E-state index >= 15 is 0 Å². The highest BCUT2D eigenvalue weighted by Gasteiger charge is 2.27. The fourth-order valence-electron chi connectivity index (χ4n) is 1.94. The van der Waals surface area contributed by atoms with Crippen molar-refractivity contribution in [1.82, 2.24) is 4.40 Å². The van der Waals surface area contributed by atoms with Crippen LogP contribution in [0.15, 0.2) is 35.3 Å². The van der Waals surface area contributed by atoms with Crippen LogP contribution in [0.4, 0.5) is 0 Å². The van der Waals surface area contributed by atoms with Gasteiger partial charge in [0, 0.05) is 6.20 Å². The molecule has 4 heteroatoms. The molecular formula is C14H13NO3. The van der Waals surface area contributed by atoms with E-state index in [1.807, 2.05) is 13.0 Å². The normalized spacial score (nSPS) is 14.7. The molecule has 92 valence electrons. The number of hydrogen-bond acceptors (Lipinski definition) is 3. The van der Waals surface area contributed by atoms with Gasteiger partial charge in [-0.1, -0.05) is 6.07 Å². The molecule has 2 aromatic heterocycles. The minimum Gasteiger partial charge on any atom is -0.459 e. The Kier molecular flexibility index (Phi) is 2.44. The van der Waals surface area contributed by atoms with E-state index in [2.05, 4.69) is 0 Å². The number of ether oxygens (including phenoxy) is 1. The summed E-state index contributed by atoms with van der Waals surface area (Å²) in [4.78, 5) is 24.0. The number of aryl methyl sites for hydroxylation is 1. The van der Waals surface area contributed by atoms with Crippen LogP contribution < -0.4 is 5.56 Å². The van der Waals surface area contributed by atoms with E-state index in [1.165, 1.54) is 4.40 Å². The molecule has 3 rings (SSSR count). The van der Waals surface area contributed by atoms with Gasteiger partial charge in [0.25, 0.3) is 5.56 Å². The first-order valence-electron chi connectivity index (χ1n) is 5.99. The molecule has 18 heavy (non-hydrogen) atoms. The Balaban J connectivity index is 2.11. The number of rotatable bonds is 2. The first kappa shape index (κ1) is 11.0. The molecule has 0 amide bonds. The van der Waals surface area contributed by atoms with Crippen molar-refractivity contribution in [2.45, 2.75) is 25.9 Å². The molecule has 0 radical (unpaired) electrons. The van der Waals surface area contributed by atoms with Gasteiger partial charge in [0.05, 0.1) is 5.52 Å². The highest BCUT2D eigenvalue weighted by molar-refractivity contribution is 5.89. The van der Waals surface area contributed by atoms with Gasteiger partial charge < -0.3 is 4.74 Å². The summed E-state index contributed by atoms with van der Waals surface area (Å²) in [6.45, 7) is 1.93. The molecule has 0 N–H and O–H groups in total. The molecule has 0 bridgehead atoms. The lowest BCUT2D eigenvalue weighted by molar-refractivity contribution is 0.0470. The van der Waals surface area contributed by atoms with Crippen molar-refractivity contribution >= 4 is 11.5 Å². The Morgan fingerprint density at radius 1 is 1.33 bits per heavy atom. The van der Waals surface area contributed by atoms with Gasteiger partial charge in [0.2, 0.25) is 0 Å². The predicted octanol–water partition coefficient (Wildman–Crippen LogP) is 1.93. The number of hydrogen-bond donors (Lipinski definition) is 0. The Bertz CT molecular complexity index is 683. The summed E-state index contributed by atoms with van der Waals surface area (Å²) in [6, 6.07) is 7.05. The summed E-state index contributed by atoms with van der Waals surface area (Å²) in [5.74, 6) is -0.515. The lowest BCUT2D eigenvalue weighted by atomic mass is 10.2. The summed E-state index contributed by atoms with van der Waals surface area (Å²) in [7, 11) is 0. The van der Waals surface area contributed by atoms with E-state index < -0.39 is 5.97 Å². The molecule has 0 saturated heterocycles. The van der Waals surface area contributed by atoms with Crippen molar-refractivity contribution < 1.29 is 9.53 Å². The van der Waals surface area contributed by atoms with E-state index in [0.717, 1.165) is 23.9 Å². The average Bonchev–Trinajstić information content (AvgIpc) is 3.14. The molecule has 2 heterocycles. The number of pyridine rings is 2. The van der Waals surface area contributed by atoms with Crippen LogP contribution in [0.3, 0.4) is 0 Å². The van der Waals surface area contributed by atoms with Crippen molar-refractivity contribution in [1.29, 1.82) is 0 Å². The maximum absolute atomic E-state index is 12.2. The first-order valence-corrected chi connectivity index (χ1v) is 5.99. The average molecular weight is 243 g/mol. The summed E-state index contributed by atoms with van der Waals surface area (Å²) in [6.07, 6.45) is 3.48. The van der Waals surface area contributed by atoms with Gasteiger partial charge in [-0.2, -0.15) is 0 Å². The van der Waals surface area contributed by atoms with Gasteiger partial charge >= 0.3 is 5.97 Å². The summed E-state index contributed by atoms with van der Waals surface area (Å²) in [5.41, 5.74) is 1.59. The molecule has 0 aliphatic heterocycles. The van der Waals surface area contributed by atoms with Crippen LogP contribution in [0.5, 0.6) is 0 Å². The van der Waals surface area contributed by atoms with Gasteiger partial charge in [-0.3, -0.25) is 9.20 Å². The van der Waals surface area contributed by atoms with Crippen LogP contribution in [0, 0.1) is 6.92 Å².